The summed E-state index contributed by atoms with van der Waals surface area (Å²) in [6, 6.07) is 20.3. The number of ether oxygens (including phenoxy) is 1. The number of alkyl carbamates (subject to hydrolysis) is 1. The van der Waals surface area contributed by atoms with Gasteiger partial charge in [0, 0.05) is 0 Å². The van der Waals surface area contributed by atoms with Gasteiger partial charge in [-0.1, -0.05) is 60.0 Å². The summed E-state index contributed by atoms with van der Waals surface area (Å²) in [5, 5.41) is 3.79. The van der Waals surface area contributed by atoms with Gasteiger partial charge in [0.2, 0.25) is 0 Å². The number of halogens is 1. The van der Waals surface area contributed by atoms with Crippen LogP contribution < -0.4 is 10.9 Å². The Balaban J connectivity index is 0.985. The maximum Gasteiger partial charge on any atom is 0.408 e. The average Bonchev–Trinajstić information content (AvgIpc) is 3.64. The molecule has 0 bridgehead atoms. The van der Waals surface area contributed by atoms with Gasteiger partial charge in [0.25, 0.3) is 5.56 Å². The highest BCUT2D eigenvalue weighted by atomic mass is 35.5. The number of piperidine rings is 1. The van der Waals surface area contributed by atoms with Crippen molar-refractivity contribution in [2.45, 2.75) is 77.4 Å². The molecule has 0 saturated carbocycles. The first-order valence-electron chi connectivity index (χ1n) is 17.4. The smallest absolute Gasteiger partial charge is 0.408 e. The van der Waals surface area contributed by atoms with Crippen LogP contribution >= 0.6 is 22.9 Å². The number of likely N-dealkylation sites (tertiary alicyclic amines) is 1. The summed E-state index contributed by atoms with van der Waals surface area (Å²) in [6.45, 7) is 14.4. The Labute approximate surface area is 307 Å². The van der Waals surface area contributed by atoms with Crippen LogP contribution in [0, 0.1) is 11.8 Å². The average molecular weight is 720 g/mol. The summed E-state index contributed by atoms with van der Waals surface area (Å²) in [7, 11) is 0. The van der Waals surface area contributed by atoms with Crippen LogP contribution in [0.2, 0.25) is 5.02 Å². The minimum atomic E-state index is -0.543. The Hall–Kier alpha value is -4.49. The first-order valence-corrected chi connectivity index (χ1v) is 18.7. The molecule has 1 amide bonds. The van der Waals surface area contributed by atoms with Crippen molar-refractivity contribution < 1.29 is 9.53 Å². The van der Waals surface area contributed by atoms with Gasteiger partial charge in [0.05, 0.1) is 50.0 Å². The summed E-state index contributed by atoms with van der Waals surface area (Å²) in [5.74, 6) is 7.92. The molecule has 2 aliphatic rings. The van der Waals surface area contributed by atoms with Crippen LogP contribution in [0.3, 0.4) is 0 Å². The maximum atomic E-state index is 13.0. The van der Waals surface area contributed by atoms with Crippen molar-refractivity contribution in [1.82, 2.24) is 24.8 Å². The SMILES string of the molecule is C[C@H](NC(=O)OC(C)(C)C)c1ccc(-c2scnc2C#CCN2CCC(c3ccc4c(c3)C(C)(C)c3nc(=O)c5c(Cl)cccc5n3-4)CC2)cc1. The summed E-state index contributed by atoms with van der Waals surface area (Å²) in [4.78, 5) is 37.8. The van der Waals surface area contributed by atoms with Gasteiger partial charge in [-0.3, -0.25) is 14.3 Å². The highest BCUT2D eigenvalue weighted by molar-refractivity contribution is 7.13. The van der Waals surface area contributed by atoms with Gasteiger partial charge in [0.15, 0.2) is 0 Å². The van der Waals surface area contributed by atoms with Crippen LogP contribution in [0.1, 0.15) is 94.6 Å². The van der Waals surface area contributed by atoms with Crippen molar-refractivity contribution in [3.05, 3.63) is 110 Å². The van der Waals surface area contributed by atoms with Gasteiger partial charge in [-0.2, -0.15) is 4.98 Å². The second-order valence-corrected chi connectivity index (χ2v) is 16.2. The fourth-order valence-electron chi connectivity index (χ4n) is 7.20. The van der Waals surface area contributed by atoms with E-state index in [9.17, 15) is 9.59 Å². The van der Waals surface area contributed by atoms with Crippen LogP contribution in [0.4, 0.5) is 4.79 Å². The lowest BCUT2D eigenvalue weighted by atomic mass is 9.81. The number of carbonyl (C=O) groups excluding carboxylic acids is 1. The van der Waals surface area contributed by atoms with Crippen molar-refractivity contribution in [2.75, 3.05) is 19.6 Å². The zero-order valence-corrected chi connectivity index (χ0v) is 31.4. The minimum absolute atomic E-state index is 0.185. The van der Waals surface area contributed by atoms with Crippen LogP contribution in [-0.4, -0.2) is 50.8 Å². The van der Waals surface area contributed by atoms with E-state index in [0.29, 0.717) is 22.9 Å². The van der Waals surface area contributed by atoms with Gasteiger partial charge in [-0.05, 0) is 120 Å². The second kappa shape index (κ2) is 13.6. The largest absolute Gasteiger partial charge is 0.444 e. The molecule has 10 heteroatoms. The number of benzene rings is 3. The number of thiazole rings is 1. The molecule has 7 rings (SSSR count). The van der Waals surface area contributed by atoms with Crippen LogP contribution in [0.25, 0.3) is 27.0 Å². The Morgan fingerprint density at radius 1 is 1.12 bits per heavy atom. The van der Waals surface area contributed by atoms with Gasteiger partial charge in [-0.25, -0.2) is 9.78 Å². The van der Waals surface area contributed by atoms with Crippen molar-refractivity contribution in [3.8, 4) is 28.0 Å². The maximum absolute atomic E-state index is 13.0. The third-order valence-electron chi connectivity index (χ3n) is 9.90. The van der Waals surface area contributed by atoms with Gasteiger partial charge >= 0.3 is 6.09 Å². The molecule has 1 fully saturated rings. The van der Waals surface area contributed by atoms with E-state index < -0.39 is 17.1 Å². The predicted molar refractivity (Wildman–Crippen MR) is 205 cm³/mol. The zero-order valence-electron chi connectivity index (χ0n) is 29.8. The molecule has 1 N–H and O–H groups in total. The van der Waals surface area contributed by atoms with E-state index in [1.807, 2.05) is 57.5 Å². The highest BCUT2D eigenvalue weighted by Crippen LogP contribution is 2.45. The van der Waals surface area contributed by atoms with Crippen molar-refractivity contribution >= 4 is 39.9 Å². The fourth-order valence-corrected chi connectivity index (χ4v) is 8.21. The number of amides is 1. The molecule has 1 saturated heterocycles. The first kappa shape index (κ1) is 34.9. The molecule has 2 aromatic heterocycles. The molecule has 0 aliphatic carbocycles. The number of nitrogens with zero attached hydrogens (tertiary/aromatic N) is 4. The van der Waals surface area contributed by atoms with Crippen LogP contribution in [-0.2, 0) is 10.2 Å². The number of hydrogen-bond acceptors (Lipinski definition) is 7. The van der Waals surface area contributed by atoms with Crippen LogP contribution in [0.15, 0.2) is 71.0 Å². The molecular weight excluding hydrogens is 678 g/mol. The second-order valence-electron chi connectivity index (χ2n) is 15.0. The van der Waals surface area contributed by atoms with E-state index in [1.165, 1.54) is 11.1 Å². The van der Waals surface area contributed by atoms with Gasteiger partial charge < -0.3 is 10.1 Å². The van der Waals surface area contributed by atoms with Crippen molar-refractivity contribution in [1.29, 1.82) is 0 Å². The normalized spacial score (nSPS) is 16.2. The monoisotopic (exact) mass is 719 g/mol. The molecule has 262 valence electrons. The number of hydrogen-bond donors (Lipinski definition) is 1. The van der Waals surface area contributed by atoms with Crippen molar-refractivity contribution in [3.63, 3.8) is 0 Å². The lowest BCUT2D eigenvalue weighted by molar-refractivity contribution is 0.0508. The Morgan fingerprint density at radius 3 is 2.59 bits per heavy atom. The molecule has 5 aromatic rings. The minimum Gasteiger partial charge on any atom is -0.444 e. The van der Waals surface area contributed by atoms with Gasteiger partial charge in [-0.15, -0.1) is 11.3 Å². The summed E-state index contributed by atoms with van der Waals surface area (Å²) >= 11 is 8.03. The Kier molecular flexibility index (Phi) is 9.30. The topological polar surface area (TPSA) is 89.3 Å². The standard InChI is InChI=1S/C41H42ClN5O3S/c1-25(44-39(49)50-40(2,3)4)26-12-14-28(15-13-26)36-32(43-24-51-36)10-8-20-46-21-18-27(19-22-46)29-16-17-33-30(23-29)41(5,6)38-45-37(48)35-31(42)9-7-11-34(35)47(33)38/h7,9,11-17,23-25,27H,18-22H2,1-6H3,(H,44,49)/t25-/m0/s1. The molecular formula is C41H42ClN5O3S. The predicted octanol–water partition coefficient (Wildman–Crippen LogP) is 8.62. The lowest BCUT2D eigenvalue weighted by Gasteiger charge is -2.31. The molecule has 1 atom stereocenters. The third-order valence-corrected chi connectivity index (χ3v) is 11.1. The number of aromatic nitrogens is 3. The van der Waals surface area contributed by atoms with E-state index in [-0.39, 0.29) is 11.6 Å². The van der Waals surface area contributed by atoms with Gasteiger partial charge in [0.1, 0.15) is 17.1 Å². The number of carbonyl (C=O) groups is 1. The molecule has 0 spiro atoms. The lowest BCUT2D eigenvalue weighted by Crippen LogP contribution is -2.34. The fraction of sp³-hybridized carbons (Fsp3) is 0.366. The molecule has 4 heterocycles. The Morgan fingerprint density at radius 2 is 1.86 bits per heavy atom. The molecule has 0 radical (unpaired) electrons. The third kappa shape index (κ3) is 6.93. The van der Waals surface area contributed by atoms with E-state index in [2.05, 4.69) is 80.8 Å². The first-order chi connectivity index (χ1) is 24.3. The Bertz CT molecular complexity index is 2250. The van der Waals surface area contributed by atoms with Crippen molar-refractivity contribution in [2.24, 2.45) is 0 Å². The zero-order chi connectivity index (χ0) is 36.1. The van der Waals surface area contributed by atoms with E-state index in [0.717, 1.165) is 64.7 Å². The molecule has 8 nitrogen and oxygen atoms in total. The molecule has 0 unspecified atom stereocenters. The molecule has 2 aliphatic heterocycles. The molecule has 3 aromatic carbocycles. The van der Waals surface area contributed by atoms with E-state index >= 15 is 0 Å². The number of rotatable bonds is 5. The summed E-state index contributed by atoms with van der Waals surface area (Å²) in [6.07, 6.45) is 1.68. The number of nitrogens with one attached hydrogen (secondary N) is 1. The molecule has 51 heavy (non-hydrogen) atoms. The summed E-state index contributed by atoms with van der Waals surface area (Å²) in [5.41, 5.74) is 7.82. The van der Waals surface area contributed by atoms with Crippen LogP contribution in [0.5, 0.6) is 0 Å². The van der Waals surface area contributed by atoms with E-state index in [4.69, 9.17) is 16.3 Å². The number of fused-ring (bicyclic) bond motifs is 5. The summed E-state index contributed by atoms with van der Waals surface area (Å²) < 4.78 is 7.50. The quantitative estimate of drug-likeness (QED) is 0.183. The highest BCUT2D eigenvalue weighted by Gasteiger charge is 2.39. The van der Waals surface area contributed by atoms with E-state index in [1.54, 1.807) is 17.4 Å².